The quantitative estimate of drug-likeness (QED) is 0.796. The lowest BCUT2D eigenvalue weighted by Gasteiger charge is -2.35. The Labute approximate surface area is 158 Å². The average Bonchev–Trinajstić information content (AvgIpc) is 3.17. The number of rotatable bonds is 6. The number of halogens is 1. The molecule has 8 nitrogen and oxygen atoms in total. The van der Waals surface area contributed by atoms with Gasteiger partial charge < -0.3 is 15.8 Å². The molecule has 0 atom stereocenters. The molecule has 2 aromatic rings. The zero-order valence-corrected chi connectivity index (χ0v) is 15.7. The van der Waals surface area contributed by atoms with Crippen LogP contribution in [0.15, 0.2) is 24.5 Å². The SMILES string of the molecule is COc1ccc(NC(=O)CC2(CN)CCCCC2)cc1-n1cnnn1.Cl. The second kappa shape index (κ2) is 8.95. The van der Waals surface area contributed by atoms with Crippen LogP contribution in [0.2, 0.25) is 0 Å². The van der Waals surface area contributed by atoms with Crippen molar-refractivity contribution in [2.24, 2.45) is 11.1 Å². The maximum absolute atomic E-state index is 12.6. The van der Waals surface area contributed by atoms with E-state index in [1.54, 1.807) is 25.3 Å². The van der Waals surface area contributed by atoms with E-state index in [1.165, 1.54) is 17.4 Å². The van der Waals surface area contributed by atoms with Gasteiger partial charge in [-0.2, -0.15) is 4.68 Å². The molecular formula is C17H25ClN6O2. The highest BCUT2D eigenvalue weighted by Gasteiger charge is 2.33. The van der Waals surface area contributed by atoms with Crippen molar-refractivity contribution in [3.8, 4) is 11.4 Å². The van der Waals surface area contributed by atoms with Crippen LogP contribution in [0.25, 0.3) is 5.69 Å². The number of ether oxygens (including phenoxy) is 1. The maximum atomic E-state index is 12.6. The van der Waals surface area contributed by atoms with E-state index in [4.69, 9.17) is 10.5 Å². The molecule has 9 heteroatoms. The smallest absolute Gasteiger partial charge is 0.224 e. The van der Waals surface area contributed by atoms with E-state index in [1.807, 2.05) is 0 Å². The highest BCUT2D eigenvalue weighted by molar-refractivity contribution is 5.91. The van der Waals surface area contributed by atoms with Gasteiger partial charge >= 0.3 is 0 Å². The number of anilines is 1. The molecule has 3 N–H and O–H groups in total. The van der Waals surface area contributed by atoms with Crippen molar-refractivity contribution in [3.05, 3.63) is 24.5 Å². The first-order chi connectivity index (χ1) is 12.2. The van der Waals surface area contributed by atoms with Crippen molar-refractivity contribution in [1.29, 1.82) is 0 Å². The minimum atomic E-state index is -0.0620. The predicted octanol–water partition coefficient (Wildman–Crippen LogP) is 2.33. The lowest BCUT2D eigenvalue weighted by Crippen LogP contribution is -2.36. The predicted molar refractivity (Wildman–Crippen MR) is 101 cm³/mol. The molecule has 1 aromatic carbocycles. The van der Waals surface area contributed by atoms with Crippen LogP contribution in [0, 0.1) is 5.41 Å². The normalized spacial score (nSPS) is 15.8. The number of hydrogen-bond donors (Lipinski definition) is 2. The number of hydrogen-bond acceptors (Lipinski definition) is 6. The Morgan fingerprint density at radius 2 is 2.12 bits per heavy atom. The van der Waals surface area contributed by atoms with Crippen LogP contribution in [-0.2, 0) is 4.79 Å². The fraction of sp³-hybridized carbons (Fsp3) is 0.529. The Bertz CT molecular complexity index is 716. The molecule has 1 fully saturated rings. The third-order valence-electron chi connectivity index (χ3n) is 4.94. The van der Waals surface area contributed by atoms with Crippen molar-refractivity contribution in [3.63, 3.8) is 0 Å². The number of nitrogens with two attached hydrogens (primary N) is 1. The maximum Gasteiger partial charge on any atom is 0.224 e. The minimum absolute atomic E-state index is 0. The molecule has 0 unspecified atom stereocenters. The van der Waals surface area contributed by atoms with Crippen LogP contribution in [0.4, 0.5) is 5.69 Å². The Balaban J connectivity index is 0.00000243. The second-order valence-electron chi connectivity index (χ2n) is 6.63. The first-order valence-corrected chi connectivity index (χ1v) is 8.57. The molecular weight excluding hydrogens is 356 g/mol. The number of carbonyl (C=O) groups excluding carboxylic acids is 1. The molecule has 0 spiro atoms. The van der Waals surface area contributed by atoms with Gasteiger partial charge in [0, 0.05) is 12.1 Å². The first kappa shape index (κ1) is 20.1. The third kappa shape index (κ3) is 4.50. The number of benzene rings is 1. The number of tetrazole rings is 1. The lowest BCUT2D eigenvalue weighted by atomic mass is 9.71. The number of nitrogens with zero attached hydrogens (tertiary/aromatic N) is 4. The number of carbonyl (C=O) groups is 1. The van der Waals surface area contributed by atoms with Crippen LogP contribution in [0.1, 0.15) is 38.5 Å². The second-order valence-corrected chi connectivity index (χ2v) is 6.63. The molecule has 1 aliphatic carbocycles. The van der Waals surface area contributed by atoms with E-state index in [9.17, 15) is 4.79 Å². The van der Waals surface area contributed by atoms with E-state index in [0.29, 0.717) is 30.1 Å². The summed E-state index contributed by atoms with van der Waals surface area (Å²) in [6.07, 6.45) is 7.51. The van der Waals surface area contributed by atoms with Crippen molar-refractivity contribution in [2.45, 2.75) is 38.5 Å². The molecule has 0 bridgehead atoms. The highest BCUT2D eigenvalue weighted by atomic mass is 35.5. The van der Waals surface area contributed by atoms with E-state index >= 15 is 0 Å². The average molecular weight is 381 g/mol. The molecule has 0 saturated heterocycles. The summed E-state index contributed by atoms with van der Waals surface area (Å²) >= 11 is 0. The van der Waals surface area contributed by atoms with Crippen LogP contribution in [0.5, 0.6) is 5.75 Å². The lowest BCUT2D eigenvalue weighted by molar-refractivity contribution is -0.118. The van der Waals surface area contributed by atoms with Gasteiger partial charge in [-0.15, -0.1) is 17.5 Å². The van der Waals surface area contributed by atoms with Crippen molar-refractivity contribution < 1.29 is 9.53 Å². The van der Waals surface area contributed by atoms with Crippen molar-refractivity contribution in [2.75, 3.05) is 19.0 Å². The molecule has 0 aliphatic heterocycles. The van der Waals surface area contributed by atoms with Gasteiger partial charge in [0.1, 0.15) is 17.8 Å². The Kier molecular flexibility index (Phi) is 6.93. The van der Waals surface area contributed by atoms with Gasteiger partial charge in [0.15, 0.2) is 0 Å². The molecule has 0 radical (unpaired) electrons. The van der Waals surface area contributed by atoms with E-state index in [2.05, 4.69) is 20.8 Å². The fourth-order valence-corrected chi connectivity index (χ4v) is 3.52. The van der Waals surface area contributed by atoms with E-state index < -0.39 is 0 Å². The summed E-state index contributed by atoms with van der Waals surface area (Å²) in [5, 5.41) is 14.1. The number of nitrogens with one attached hydrogen (secondary N) is 1. The van der Waals surface area contributed by atoms with Gasteiger partial charge in [0.05, 0.1) is 7.11 Å². The molecule has 1 aliphatic rings. The summed E-state index contributed by atoms with van der Waals surface area (Å²) in [4.78, 5) is 12.6. The Morgan fingerprint density at radius 1 is 1.35 bits per heavy atom. The zero-order valence-electron chi connectivity index (χ0n) is 14.9. The molecule has 1 amide bonds. The van der Waals surface area contributed by atoms with Crippen LogP contribution >= 0.6 is 12.4 Å². The van der Waals surface area contributed by atoms with Gasteiger partial charge in [-0.3, -0.25) is 4.79 Å². The largest absolute Gasteiger partial charge is 0.494 e. The van der Waals surface area contributed by atoms with Gasteiger partial charge in [0.2, 0.25) is 5.91 Å². The highest BCUT2D eigenvalue weighted by Crippen LogP contribution is 2.38. The minimum Gasteiger partial charge on any atom is -0.494 e. The Morgan fingerprint density at radius 3 is 2.73 bits per heavy atom. The molecule has 1 saturated carbocycles. The third-order valence-corrected chi connectivity index (χ3v) is 4.94. The summed E-state index contributed by atoms with van der Waals surface area (Å²) in [7, 11) is 1.58. The van der Waals surface area contributed by atoms with Crippen molar-refractivity contribution in [1.82, 2.24) is 20.2 Å². The number of aromatic nitrogens is 4. The first-order valence-electron chi connectivity index (χ1n) is 8.57. The topological polar surface area (TPSA) is 108 Å². The van der Waals surface area contributed by atoms with Gasteiger partial charge in [-0.1, -0.05) is 19.3 Å². The molecule has 142 valence electrons. The van der Waals surface area contributed by atoms with Crippen LogP contribution in [0.3, 0.4) is 0 Å². The molecule has 1 heterocycles. The summed E-state index contributed by atoms with van der Waals surface area (Å²) in [6, 6.07) is 5.38. The molecule has 1 aromatic heterocycles. The van der Waals surface area contributed by atoms with Gasteiger partial charge in [-0.05, 0) is 53.4 Å². The fourth-order valence-electron chi connectivity index (χ4n) is 3.52. The summed E-state index contributed by atoms with van der Waals surface area (Å²) in [5.41, 5.74) is 7.27. The van der Waals surface area contributed by atoms with E-state index in [0.717, 1.165) is 25.7 Å². The van der Waals surface area contributed by atoms with E-state index in [-0.39, 0.29) is 23.7 Å². The zero-order chi connectivity index (χ0) is 17.7. The van der Waals surface area contributed by atoms with Crippen molar-refractivity contribution >= 4 is 24.0 Å². The summed E-state index contributed by atoms with van der Waals surface area (Å²) in [6.45, 7) is 0.554. The van der Waals surface area contributed by atoms with Crippen LogP contribution in [-0.4, -0.2) is 39.8 Å². The summed E-state index contributed by atoms with van der Waals surface area (Å²) in [5.74, 6) is 0.608. The number of amides is 1. The Hall–Kier alpha value is -2.19. The van der Waals surface area contributed by atoms with Gasteiger partial charge in [0.25, 0.3) is 0 Å². The monoisotopic (exact) mass is 380 g/mol. The van der Waals surface area contributed by atoms with Gasteiger partial charge in [-0.25, -0.2) is 0 Å². The molecule has 26 heavy (non-hydrogen) atoms. The number of methoxy groups -OCH3 is 1. The molecule has 3 rings (SSSR count). The standard InChI is InChI=1S/C17H24N6O2.ClH/c1-25-15-6-5-13(9-14(15)23-12-19-21-22-23)20-16(24)10-17(11-18)7-3-2-4-8-17;/h5-6,9,12H,2-4,7-8,10-11,18H2,1H3,(H,20,24);1H. The van der Waals surface area contributed by atoms with Crippen LogP contribution < -0.4 is 15.8 Å². The summed E-state index contributed by atoms with van der Waals surface area (Å²) < 4.78 is 6.84.